The monoisotopic (exact) mass is 129 g/mol. The highest BCUT2D eigenvalue weighted by molar-refractivity contribution is 4.91. The molecule has 0 aliphatic heterocycles. The topological polar surface area (TPSA) is 46.2 Å². The fourth-order valence-electron chi connectivity index (χ4n) is 1.71. The van der Waals surface area contributed by atoms with Crippen molar-refractivity contribution in [2.24, 2.45) is 11.7 Å². The molecule has 1 rings (SSSR count). The zero-order chi connectivity index (χ0) is 6.91. The zero-order valence-corrected chi connectivity index (χ0v) is 5.93. The van der Waals surface area contributed by atoms with Crippen LogP contribution in [0.25, 0.3) is 0 Å². The molecule has 1 saturated carbocycles. The molecular formula is C7H15NO. The van der Waals surface area contributed by atoms with Gasteiger partial charge >= 0.3 is 0 Å². The van der Waals surface area contributed by atoms with E-state index in [1.165, 1.54) is 0 Å². The molecule has 1 aliphatic rings. The Bertz CT molecular complexity index is 91.6. The van der Waals surface area contributed by atoms with Crippen LogP contribution in [0.15, 0.2) is 0 Å². The standard InChI is InChI=1S/C7H15NO/c1-6-4-7(9,5-6)2-3-8/h6,9H,2-5,8H2,1H3. The summed E-state index contributed by atoms with van der Waals surface area (Å²) in [5, 5.41) is 9.50. The van der Waals surface area contributed by atoms with E-state index in [0.29, 0.717) is 12.5 Å². The van der Waals surface area contributed by atoms with Gasteiger partial charge < -0.3 is 10.8 Å². The van der Waals surface area contributed by atoms with Crippen LogP contribution in [-0.4, -0.2) is 17.3 Å². The van der Waals surface area contributed by atoms with Gasteiger partial charge in [-0.05, 0) is 31.7 Å². The molecular weight excluding hydrogens is 114 g/mol. The summed E-state index contributed by atoms with van der Waals surface area (Å²) in [4.78, 5) is 0. The molecule has 2 heteroatoms. The van der Waals surface area contributed by atoms with Crippen LogP contribution in [0.3, 0.4) is 0 Å². The Labute approximate surface area is 56.1 Å². The first-order chi connectivity index (χ1) is 4.16. The van der Waals surface area contributed by atoms with Crippen molar-refractivity contribution < 1.29 is 5.11 Å². The van der Waals surface area contributed by atoms with E-state index in [-0.39, 0.29) is 5.60 Å². The van der Waals surface area contributed by atoms with Crippen molar-refractivity contribution in [1.82, 2.24) is 0 Å². The normalized spacial score (nSPS) is 42.3. The lowest BCUT2D eigenvalue weighted by Gasteiger charge is -2.41. The summed E-state index contributed by atoms with van der Waals surface area (Å²) in [6.45, 7) is 2.77. The van der Waals surface area contributed by atoms with E-state index in [1.807, 2.05) is 0 Å². The van der Waals surface area contributed by atoms with Gasteiger partial charge in [0.25, 0.3) is 0 Å². The van der Waals surface area contributed by atoms with Crippen molar-refractivity contribution >= 4 is 0 Å². The van der Waals surface area contributed by atoms with Gasteiger partial charge in [0, 0.05) is 0 Å². The van der Waals surface area contributed by atoms with Gasteiger partial charge in [-0.1, -0.05) is 6.92 Å². The van der Waals surface area contributed by atoms with E-state index in [2.05, 4.69) is 6.92 Å². The first-order valence-electron chi connectivity index (χ1n) is 3.59. The van der Waals surface area contributed by atoms with Crippen molar-refractivity contribution in [1.29, 1.82) is 0 Å². The number of rotatable bonds is 2. The summed E-state index contributed by atoms with van der Waals surface area (Å²) in [5.41, 5.74) is 4.93. The molecule has 0 amide bonds. The van der Waals surface area contributed by atoms with Crippen LogP contribution >= 0.6 is 0 Å². The Kier molecular flexibility index (Phi) is 1.78. The Morgan fingerprint density at radius 1 is 1.67 bits per heavy atom. The van der Waals surface area contributed by atoms with Crippen molar-refractivity contribution in [2.75, 3.05) is 6.54 Å². The Morgan fingerprint density at radius 2 is 2.22 bits per heavy atom. The van der Waals surface area contributed by atoms with Crippen LogP contribution in [-0.2, 0) is 0 Å². The fourth-order valence-corrected chi connectivity index (χ4v) is 1.71. The maximum atomic E-state index is 9.50. The third-order valence-corrected chi connectivity index (χ3v) is 2.07. The predicted octanol–water partition coefficient (Wildman–Crippen LogP) is 0.496. The van der Waals surface area contributed by atoms with E-state index in [0.717, 1.165) is 19.3 Å². The van der Waals surface area contributed by atoms with Crippen LogP contribution in [0.2, 0.25) is 0 Å². The molecule has 0 aromatic carbocycles. The molecule has 0 radical (unpaired) electrons. The van der Waals surface area contributed by atoms with Gasteiger partial charge in [-0.2, -0.15) is 0 Å². The summed E-state index contributed by atoms with van der Waals surface area (Å²) >= 11 is 0. The predicted molar refractivity (Wildman–Crippen MR) is 37.0 cm³/mol. The highest BCUT2D eigenvalue weighted by Gasteiger charge is 2.38. The summed E-state index contributed by atoms with van der Waals surface area (Å²) < 4.78 is 0. The summed E-state index contributed by atoms with van der Waals surface area (Å²) in [5.74, 6) is 0.710. The van der Waals surface area contributed by atoms with Gasteiger partial charge in [0.1, 0.15) is 0 Å². The van der Waals surface area contributed by atoms with E-state index in [1.54, 1.807) is 0 Å². The van der Waals surface area contributed by atoms with Gasteiger partial charge in [0.15, 0.2) is 0 Å². The molecule has 0 spiro atoms. The van der Waals surface area contributed by atoms with Crippen LogP contribution in [0.5, 0.6) is 0 Å². The van der Waals surface area contributed by atoms with E-state index in [9.17, 15) is 5.11 Å². The Balaban J connectivity index is 2.23. The smallest absolute Gasteiger partial charge is 0.0665 e. The molecule has 2 nitrogen and oxygen atoms in total. The molecule has 1 aliphatic carbocycles. The zero-order valence-electron chi connectivity index (χ0n) is 5.93. The molecule has 9 heavy (non-hydrogen) atoms. The first kappa shape index (κ1) is 7.03. The maximum Gasteiger partial charge on any atom is 0.0665 e. The third kappa shape index (κ3) is 1.43. The van der Waals surface area contributed by atoms with Crippen LogP contribution in [0.1, 0.15) is 26.2 Å². The van der Waals surface area contributed by atoms with Crippen molar-refractivity contribution in [2.45, 2.75) is 31.8 Å². The van der Waals surface area contributed by atoms with E-state index >= 15 is 0 Å². The van der Waals surface area contributed by atoms with Crippen molar-refractivity contribution in [3.05, 3.63) is 0 Å². The third-order valence-electron chi connectivity index (χ3n) is 2.07. The molecule has 0 saturated heterocycles. The van der Waals surface area contributed by atoms with Gasteiger partial charge in [0.2, 0.25) is 0 Å². The number of nitrogens with two attached hydrogens (primary N) is 1. The molecule has 1 fully saturated rings. The minimum atomic E-state index is -0.381. The van der Waals surface area contributed by atoms with Crippen molar-refractivity contribution in [3.63, 3.8) is 0 Å². The van der Waals surface area contributed by atoms with Crippen LogP contribution in [0.4, 0.5) is 0 Å². The summed E-state index contributed by atoms with van der Waals surface area (Å²) in [6, 6.07) is 0. The molecule has 3 N–H and O–H groups in total. The maximum absolute atomic E-state index is 9.50. The fraction of sp³-hybridized carbons (Fsp3) is 1.00. The largest absolute Gasteiger partial charge is 0.390 e. The average molecular weight is 129 g/mol. The SMILES string of the molecule is CC1CC(O)(CCN)C1. The van der Waals surface area contributed by atoms with Crippen LogP contribution in [0, 0.1) is 5.92 Å². The number of hydrogen-bond donors (Lipinski definition) is 2. The number of aliphatic hydroxyl groups is 1. The lowest BCUT2D eigenvalue weighted by atomic mass is 9.70. The highest BCUT2D eigenvalue weighted by atomic mass is 16.3. The molecule has 0 bridgehead atoms. The lowest BCUT2D eigenvalue weighted by molar-refractivity contribution is -0.0715. The van der Waals surface area contributed by atoms with Gasteiger partial charge in [-0.3, -0.25) is 0 Å². The Morgan fingerprint density at radius 3 is 2.56 bits per heavy atom. The quantitative estimate of drug-likeness (QED) is 0.570. The highest BCUT2D eigenvalue weighted by Crippen LogP contribution is 2.39. The molecule has 54 valence electrons. The minimum absolute atomic E-state index is 0.381. The molecule has 0 atom stereocenters. The minimum Gasteiger partial charge on any atom is -0.390 e. The Hall–Kier alpha value is -0.0800. The van der Waals surface area contributed by atoms with Gasteiger partial charge in [-0.15, -0.1) is 0 Å². The molecule has 0 unspecified atom stereocenters. The second-order valence-electron chi connectivity index (χ2n) is 3.28. The van der Waals surface area contributed by atoms with E-state index < -0.39 is 0 Å². The van der Waals surface area contributed by atoms with Crippen LogP contribution < -0.4 is 5.73 Å². The lowest BCUT2D eigenvalue weighted by Crippen LogP contribution is -2.43. The number of hydrogen-bond acceptors (Lipinski definition) is 2. The van der Waals surface area contributed by atoms with Gasteiger partial charge in [0.05, 0.1) is 5.60 Å². The van der Waals surface area contributed by atoms with E-state index in [4.69, 9.17) is 5.73 Å². The molecule has 0 aromatic rings. The molecule has 0 heterocycles. The molecule has 0 aromatic heterocycles. The van der Waals surface area contributed by atoms with Gasteiger partial charge in [-0.25, -0.2) is 0 Å². The first-order valence-corrected chi connectivity index (χ1v) is 3.59. The average Bonchev–Trinajstić information content (AvgIpc) is 1.62. The summed E-state index contributed by atoms with van der Waals surface area (Å²) in [6.07, 6.45) is 2.67. The summed E-state index contributed by atoms with van der Waals surface area (Å²) in [7, 11) is 0. The van der Waals surface area contributed by atoms with Crippen molar-refractivity contribution in [3.8, 4) is 0 Å². The second-order valence-corrected chi connectivity index (χ2v) is 3.28. The second kappa shape index (κ2) is 2.27.